The molecule has 0 spiro atoms. The Morgan fingerprint density at radius 1 is 0.941 bits per heavy atom. The minimum atomic E-state index is -3.87. The molecule has 1 amide bonds. The number of carbonyl (C=O) groups excluding carboxylic acids is 1. The molecule has 0 aromatic heterocycles. The minimum absolute atomic E-state index is 0.0392. The number of hydrogen-bond donors (Lipinski definition) is 2. The first-order valence-electron chi connectivity index (χ1n) is 9.88. The van der Waals surface area contributed by atoms with Crippen molar-refractivity contribution in [1.29, 1.82) is 0 Å². The number of rotatable bonds is 10. The number of carbonyl (C=O) groups is 1. The van der Waals surface area contributed by atoms with Crippen LogP contribution in [0.5, 0.6) is 11.5 Å². The topological polar surface area (TPSA) is 93.7 Å². The van der Waals surface area contributed by atoms with Gasteiger partial charge in [-0.05, 0) is 54.1 Å². The standard InChI is InChI=1S/C23H22Cl2N2O5S2/c1-31-17-6-10-21(22(12-17)32-2)27-34(29,30)18-7-4-16(5-8-18)26-23(28)14-33-13-15-3-9-19(24)20(25)11-15/h3-12,27H,13-14H2,1-2H3,(H,26,28). The van der Waals surface area contributed by atoms with E-state index in [1.54, 1.807) is 30.3 Å². The Bertz CT molecular complexity index is 1270. The maximum absolute atomic E-state index is 12.8. The van der Waals surface area contributed by atoms with Crippen molar-refractivity contribution in [3.63, 3.8) is 0 Å². The third-order valence-electron chi connectivity index (χ3n) is 4.59. The molecule has 34 heavy (non-hydrogen) atoms. The Morgan fingerprint density at radius 3 is 2.32 bits per heavy atom. The van der Waals surface area contributed by atoms with E-state index in [4.69, 9.17) is 32.7 Å². The van der Waals surface area contributed by atoms with E-state index in [0.717, 1.165) is 5.56 Å². The van der Waals surface area contributed by atoms with Crippen LogP contribution in [0.1, 0.15) is 5.56 Å². The molecule has 0 unspecified atom stereocenters. The maximum atomic E-state index is 12.8. The lowest BCUT2D eigenvalue weighted by atomic mass is 10.2. The van der Waals surface area contributed by atoms with Gasteiger partial charge in [0.15, 0.2) is 0 Å². The van der Waals surface area contributed by atoms with E-state index < -0.39 is 10.0 Å². The summed E-state index contributed by atoms with van der Waals surface area (Å²) in [5.74, 6) is 1.48. The molecule has 3 aromatic carbocycles. The summed E-state index contributed by atoms with van der Waals surface area (Å²) in [5.41, 5.74) is 1.73. The molecular weight excluding hydrogens is 519 g/mol. The second kappa shape index (κ2) is 11.7. The second-order valence-corrected chi connectivity index (χ2v) is 10.5. The quantitative estimate of drug-likeness (QED) is 0.343. The van der Waals surface area contributed by atoms with E-state index >= 15 is 0 Å². The van der Waals surface area contributed by atoms with Gasteiger partial charge in [-0.15, -0.1) is 11.8 Å². The molecule has 180 valence electrons. The van der Waals surface area contributed by atoms with Crippen molar-refractivity contribution >= 4 is 62.3 Å². The van der Waals surface area contributed by atoms with Crippen LogP contribution in [0.25, 0.3) is 0 Å². The van der Waals surface area contributed by atoms with E-state index in [1.807, 2.05) is 6.07 Å². The number of halogens is 2. The van der Waals surface area contributed by atoms with Gasteiger partial charge in [-0.3, -0.25) is 9.52 Å². The van der Waals surface area contributed by atoms with Gasteiger partial charge in [-0.1, -0.05) is 29.3 Å². The van der Waals surface area contributed by atoms with Gasteiger partial charge in [0, 0.05) is 17.5 Å². The Hall–Kier alpha value is -2.59. The van der Waals surface area contributed by atoms with E-state index in [1.165, 1.54) is 50.2 Å². The van der Waals surface area contributed by atoms with Crippen molar-refractivity contribution in [2.75, 3.05) is 30.0 Å². The number of ether oxygens (including phenoxy) is 2. The Kier molecular flexibility index (Phi) is 8.96. The number of benzene rings is 3. The number of methoxy groups -OCH3 is 2. The summed E-state index contributed by atoms with van der Waals surface area (Å²) in [5, 5.41) is 3.71. The molecule has 0 fully saturated rings. The number of nitrogens with one attached hydrogen (secondary N) is 2. The molecule has 0 saturated heterocycles. The first kappa shape index (κ1) is 26.0. The molecule has 0 aliphatic heterocycles. The van der Waals surface area contributed by atoms with Crippen LogP contribution in [-0.4, -0.2) is 34.3 Å². The minimum Gasteiger partial charge on any atom is -0.497 e. The normalized spacial score (nSPS) is 11.1. The highest BCUT2D eigenvalue weighted by molar-refractivity contribution is 7.99. The van der Waals surface area contributed by atoms with Crippen LogP contribution in [0.2, 0.25) is 10.0 Å². The van der Waals surface area contributed by atoms with Crippen LogP contribution in [0.4, 0.5) is 11.4 Å². The molecule has 3 rings (SSSR count). The predicted octanol–water partition coefficient (Wildman–Crippen LogP) is 5.68. The van der Waals surface area contributed by atoms with Crippen molar-refractivity contribution in [2.45, 2.75) is 10.6 Å². The third-order valence-corrected chi connectivity index (χ3v) is 7.71. The zero-order valence-corrected chi connectivity index (χ0v) is 21.4. The first-order chi connectivity index (χ1) is 16.2. The summed E-state index contributed by atoms with van der Waals surface area (Å²) in [4.78, 5) is 12.3. The highest BCUT2D eigenvalue weighted by atomic mass is 35.5. The van der Waals surface area contributed by atoms with Crippen LogP contribution in [0.3, 0.4) is 0 Å². The highest BCUT2D eigenvalue weighted by Gasteiger charge is 2.17. The second-order valence-electron chi connectivity index (χ2n) is 6.99. The molecule has 0 bridgehead atoms. The third kappa shape index (κ3) is 6.96. The van der Waals surface area contributed by atoms with Gasteiger partial charge in [0.05, 0.1) is 40.6 Å². The number of amides is 1. The average molecular weight is 541 g/mol. The molecule has 7 nitrogen and oxygen atoms in total. The fourth-order valence-corrected chi connectivity index (χ4v) is 5.06. The van der Waals surface area contributed by atoms with Crippen molar-refractivity contribution in [3.8, 4) is 11.5 Å². The molecule has 2 N–H and O–H groups in total. The average Bonchev–Trinajstić information content (AvgIpc) is 2.81. The molecule has 0 aliphatic rings. The van der Waals surface area contributed by atoms with Crippen molar-refractivity contribution in [2.24, 2.45) is 0 Å². The molecule has 3 aromatic rings. The summed E-state index contributed by atoms with van der Waals surface area (Å²) in [6.45, 7) is 0. The van der Waals surface area contributed by atoms with Gasteiger partial charge in [0.25, 0.3) is 10.0 Å². The van der Waals surface area contributed by atoms with Gasteiger partial charge in [0.1, 0.15) is 11.5 Å². The molecule has 0 radical (unpaired) electrons. The van der Waals surface area contributed by atoms with Crippen LogP contribution < -0.4 is 19.5 Å². The summed E-state index contributed by atoms with van der Waals surface area (Å²) < 4.78 is 38.4. The van der Waals surface area contributed by atoms with E-state index in [0.29, 0.717) is 33.0 Å². The Labute approximate surface area is 212 Å². The van der Waals surface area contributed by atoms with Crippen LogP contribution in [0.15, 0.2) is 65.6 Å². The van der Waals surface area contributed by atoms with Crippen molar-refractivity contribution in [1.82, 2.24) is 0 Å². The SMILES string of the molecule is COc1ccc(NS(=O)(=O)c2ccc(NC(=O)CSCc3ccc(Cl)c(Cl)c3)cc2)c(OC)c1. The van der Waals surface area contributed by atoms with Crippen LogP contribution >= 0.6 is 35.0 Å². The maximum Gasteiger partial charge on any atom is 0.262 e. The van der Waals surface area contributed by atoms with Gasteiger partial charge in [-0.25, -0.2) is 8.42 Å². The monoisotopic (exact) mass is 540 g/mol. The van der Waals surface area contributed by atoms with E-state index in [2.05, 4.69) is 10.0 Å². The molecule has 0 atom stereocenters. The molecular formula is C23H22Cl2N2O5S2. The fourth-order valence-electron chi connectivity index (χ4n) is 2.89. The van der Waals surface area contributed by atoms with E-state index in [9.17, 15) is 13.2 Å². The molecule has 0 saturated carbocycles. The molecule has 0 aliphatic carbocycles. The van der Waals surface area contributed by atoms with E-state index in [-0.39, 0.29) is 22.2 Å². The largest absolute Gasteiger partial charge is 0.497 e. The molecule has 0 heterocycles. The summed E-state index contributed by atoms with van der Waals surface area (Å²) >= 11 is 13.3. The van der Waals surface area contributed by atoms with Crippen molar-refractivity contribution in [3.05, 3.63) is 76.3 Å². The Morgan fingerprint density at radius 2 is 1.68 bits per heavy atom. The first-order valence-corrected chi connectivity index (χ1v) is 13.3. The molecule has 11 heteroatoms. The van der Waals surface area contributed by atoms with Crippen LogP contribution in [-0.2, 0) is 20.6 Å². The predicted molar refractivity (Wildman–Crippen MR) is 138 cm³/mol. The summed E-state index contributed by atoms with van der Waals surface area (Å²) in [7, 11) is -0.925. The summed E-state index contributed by atoms with van der Waals surface area (Å²) in [6.07, 6.45) is 0. The lowest BCUT2D eigenvalue weighted by molar-refractivity contribution is -0.113. The lowest BCUT2D eigenvalue weighted by Gasteiger charge is -2.13. The zero-order valence-electron chi connectivity index (χ0n) is 18.3. The number of sulfonamides is 1. The highest BCUT2D eigenvalue weighted by Crippen LogP contribution is 2.31. The Balaban J connectivity index is 1.57. The summed E-state index contributed by atoms with van der Waals surface area (Å²) in [6, 6.07) is 16.0. The number of anilines is 2. The zero-order chi connectivity index (χ0) is 24.7. The fraction of sp³-hybridized carbons (Fsp3) is 0.174. The number of hydrogen-bond acceptors (Lipinski definition) is 6. The van der Waals surface area contributed by atoms with Gasteiger partial charge >= 0.3 is 0 Å². The number of thioether (sulfide) groups is 1. The van der Waals surface area contributed by atoms with Gasteiger partial charge in [0.2, 0.25) is 5.91 Å². The van der Waals surface area contributed by atoms with Gasteiger partial charge < -0.3 is 14.8 Å². The smallest absolute Gasteiger partial charge is 0.262 e. The van der Waals surface area contributed by atoms with Crippen molar-refractivity contribution < 1.29 is 22.7 Å². The van der Waals surface area contributed by atoms with Gasteiger partial charge in [-0.2, -0.15) is 0 Å². The van der Waals surface area contributed by atoms with Crippen LogP contribution in [0, 0.1) is 0 Å². The lowest BCUT2D eigenvalue weighted by Crippen LogP contribution is -2.15.